The summed E-state index contributed by atoms with van der Waals surface area (Å²) in [6.45, 7) is 3.04. The van der Waals surface area contributed by atoms with Crippen LogP contribution in [0.25, 0.3) is 6.08 Å². The van der Waals surface area contributed by atoms with Crippen molar-refractivity contribution in [3.05, 3.63) is 71.3 Å². The predicted octanol–water partition coefficient (Wildman–Crippen LogP) is 3.70. The summed E-state index contributed by atoms with van der Waals surface area (Å²) in [4.78, 5) is 14.4. The fraction of sp³-hybridized carbons (Fsp3) is 0.211. The largest absolute Gasteiger partial charge is 0.378 e. The van der Waals surface area contributed by atoms with E-state index in [1.54, 1.807) is 12.1 Å². The molecule has 2 aromatic carbocycles. The first-order chi connectivity index (χ1) is 11.6. The van der Waals surface area contributed by atoms with Crippen molar-refractivity contribution in [2.75, 3.05) is 31.2 Å². The summed E-state index contributed by atoms with van der Waals surface area (Å²) >= 11 is 0. The normalized spacial score (nSPS) is 15.0. The first kappa shape index (κ1) is 16.3. The zero-order chi connectivity index (χ0) is 16.9. The first-order valence-electron chi connectivity index (χ1n) is 7.74. The topological polar surface area (TPSA) is 29.5 Å². The molecule has 124 valence electrons. The van der Waals surface area contributed by atoms with Crippen molar-refractivity contribution >= 4 is 17.5 Å². The lowest BCUT2D eigenvalue weighted by atomic mass is 10.1. The molecule has 3 rings (SSSR count). The lowest BCUT2D eigenvalue weighted by molar-refractivity contribution is 0.104. The molecule has 0 radical (unpaired) electrons. The van der Waals surface area contributed by atoms with Gasteiger partial charge in [0, 0.05) is 29.9 Å². The molecule has 1 aliphatic rings. The molecule has 0 atom stereocenters. The average molecular weight is 329 g/mol. The minimum absolute atomic E-state index is 0.0493. The Labute approximate surface area is 139 Å². The van der Waals surface area contributed by atoms with Gasteiger partial charge < -0.3 is 9.64 Å². The van der Waals surface area contributed by atoms with Crippen molar-refractivity contribution in [1.29, 1.82) is 0 Å². The van der Waals surface area contributed by atoms with Crippen molar-refractivity contribution in [1.82, 2.24) is 0 Å². The summed E-state index contributed by atoms with van der Waals surface area (Å²) in [6.07, 6.45) is 2.54. The highest BCUT2D eigenvalue weighted by atomic mass is 19.2. The molecular weight excluding hydrogens is 312 g/mol. The number of benzene rings is 2. The number of ketones is 1. The summed E-state index contributed by atoms with van der Waals surface area (Å²) < 4.78 is 32.0. The van der Waals surface area contributed by atoms with E-state index in [4.69, 9.17) is 4.74 Å². The molecule has 24 heavy (non-hydrogen) atoms. The van der Waals surface area contributed by atoms with Gasteiger partial charge in [-0.25, -0.2) is 8.78 Å². The van der Waals surface area contributed by atoms with Crippen LogP contribution in [0.4, 0.5) is 14.5 Å². The van der Waals surface area contributed by atoms with E-state index in [1.165, 1.54) is 24.3 Å². The Morgan fingerprint density at radius 1 is 1.04 bits per heavy atom. The van der Waals surface area contributed by atoms with E-state index in [-0.39, 0.29) is 11.3 Å². The van der Waals surface area contributed by atoms with Gasteiger partial charge in [0.15, 0.2) is 17.4 Å². The fourth-order valence-corrected chi connectivity index (χ4v) is 2.57. The molecular formula is C19H17F2NO2. The van der Waals surface area contributed by atoms with Gasteiger partial charge in [0.05, 0.1) is 13.2 Å². The van der Waals surface area contributed by atoms with E-state index in [9.17, 15) is 13.6 Å². The van der Waals surface area contributed by atoms with Crippen LogP contribution < -0.4 is 4.90 Å². The number of hydrogen-bond acceptors (Lipinski definition) is 3. The van der Waals surface area contributed by atoms with Crippen LogP contribution >= 0.6 is 0 Å². The molecule has 0 saturated carbocycles. The van der Waals surface area contributed by atoms with Crippen molar-refractivity contribution in [2.45, 2.75) is 0 Å². The minimum Gasteiger partial charge on any atom is -0.378 e. The Morgan fingerprint density at radius 2 is 1.75 bits per heavy atom. The van der Waals surface area contributed by atoms with Crippen LogP contribution in [-0.2, 0) is 4.74 Å². The highest BCUT2D eigenvalue weighted by molar-refractivity contribution is 6.07. The number of nitrogens with zero attached hydrogens (tertiary/aromatic N) is 1. The van der Waals surface area contributed by atoms with Crippen LogP contribution in [0.2, 0.25) is 0 Å². The van der Waals surface area contributed by atoms with Crippen LogP contribution in [0.5, 0.6) is 0 Å². The maximum atomic E-state index is 13.6. The molecule has 3 nitrogen and oxygen atoms in total. The van der Waals surface area contributed by atoms with E-state index in [0.29, 0.717) is 18.8 Å². The summed E-state index contributed by atoms with van der Waals surface area (Å²) in [5.41, 5.74) is 1.59. The molecule has 0 N–H and O–H groups in total. The van der Waals surface area contributed by atoms with Gasteiger partial charge in [-0.1, -0.05) is 12.1 Å². The standard InChI is InChI=1S/C19H17F2NO2/c20-17-3-1-2-15(19(17)21)6-9-18(23)14-4-7-16(8-5-14)22-10-12-24-13-11-22/h1-9H,10-13H2/b9-6+. The van der Waals surface area contributed by atoms with Gasteiger partial charge in [-0.05, 0) is 42.5 Å². The molecule has 0 aliphatic carbocycles. The monoisotopic (exact) mass is 329 g/mol. The second-order valence-corrected chi connectivity index (χ2v) is 5.49. The predicted molar refractivity (Wildman–Crippen MR) is 89.2 cm³/mol. The number of allylic oxidation sites excluding steroid dienone is 1. The van der Waals surface area contributed by atoms with Gasteiger partial charge >= 0.3 is 0 Å². The second-order valence-electron chi connectivity index (χ2n) is 5.49. The number of rotatable bonds is 4. The highest BCUT2D eigenvalue weighted by Gasteiger charge is 2.12. The highest BCUT2D eigenvalue weighted by Crippen LogP contribution is 2.18. The van der Waals surface area contributed by atoms with E-state index in [2.05, 4.69) is 4.90 Å². The molecule has 2 aromatic rings. The first-order valence-corrected chi connectivity index (χ1v) is 7.74. The molecule has 1 saturated heterocycles. The summed E-state index contributed by atoms with van der Waals surface area (Å²) in [7, 11) is 0. The van der Waals surface area contributed by atoms with Crippen LogP contribution in [0.1, 0.15) is 15.9 Å². The number of carbonyl (C=O) groups excluding carboxylic acids is 1. The number of hydrogen-bond donors (Lipinski definition) is 0. The van der Waals surface area contributed by atoms with Crippen molar-refractivity contribution in [3.63, 3.8) is 0 Å². The summed E-state index contributed by atoms with van der Waals surface area (Å²) in [6, 6.07) is 11.1. The number of carbonyl (C=O) groups is 1. The molecule has 0 aromatic heterocycles. The van der Waals surface area contributed by atoms with E-state index >= 15 is 0 Å². The van der Waals surface area contributed by atoms with Crippen LogP contribution in [0.15, 0.2) is 48.5 Å². The number of halogens is 2. The zero-order valence-electron chi connectivity index (χ0n) is 13.0. The molecule has 1 heterocycles. The molecule has 5 heteroatoms. The number of anilines is 1. The number of morpholine rings is 1. The molecule has 0 spiro atoms. The third-order valence-electron chi connectivity index (χ3n) is 3.92. The van der Waals surface area contributed by atoms with Crippen LogP contribution in [-0.4, -0.2) is 32.1 Å². The molecule has 1 fully saturated rings. The lowest BCUT2D eigenvalue weighted by Crippen LogP contribution is -2.36. The Kier molecular flexibility index (Phi) is 5.01. The SMILES string of the molecule is O=C(/C=C/c1cccc(F)c1F)c1ccc(N2CCOCC2)cc1. The van der Waals surface area contributed by atoms with Gasteiger partial charge in [-0.3, -0.25) is 4.79 Å². The molecule has 0 unspecified atom stereocenters. The van der Waals surface area contributed by atoms with Crippen molar-refractivity contribution in [3.8, 4) is 0 Å². The van der Waals surface area contributed by atoms with E-state index in [0.717, 1.165) is 24.8 Å². The van der Waals surface area contributed by atoms with Gasteiger partial charge in [0.2, 0.25) is 0 Å². The second kappa shape index (κ2) is 7.36. The fourth-order valence-electron chi connectivity index (χ4n) is 2.57. The Hall–Kier alpha value is -2.53. The van der Waals surface area contributed by atoms with Crippen molar-refractivity contribution in [2.24, 2.45) is 0 Å². The Balaban J connectivity index is 1.70. The summed E-state index contributed by atoms with van der Waals surface area (Å²) in [5.74, 6) is -2.14. The molecule has 0 bridgehead atoms. The summed E-state index contributed by atoms with van der Waals surface area (Å²) in [5, 5.41) is 0. The number of ether oxygens (including phenoxy) is 1. The lowest BCUT2D eigenvalue weighted by Gasteiger charge is -2.28. The maximum Gasteiger partial charge on any atom is 0.185 e. The smallest absolute Gasteiger partial charge is 0.185 e. The van der Waals surface area contributed by atoms with Crippen molar-refractivity contribution < 1.29 is 18.3 Å². The van der Waals surface area contributed by atoms with Gasteiger partial charge in [0.25, 0.3) is 0 Å². The van der Waals surface area contributed by atoms with Gasteiger partial charge in [0.1, 0.15) is 0 Å². The Morgan fingerprint density at radius 3 is 2.46 bits per heavy atom. The quantitative estimate of drug-likeness (QED) is 0.633. The molecule has 0 amide bonds. The van der Waals surface area contributed by atoms with E-state index < -0.39 is 11.6 Å². The van der Waals surface area contributed by atoms with Crippen LogP contribution in [0, 0.1) is 11.6 Å². The Bertz CT molecular complexity index is 750. The van der Waals surface area contributed by atoms with Gasteiger partial charge in [-0.2, -0.15) is 0 Å². The van der Waals surface area contributed by atoms with Gasteiger partial charge in [-0.15, -0.1) is 0 Å². The minimum atomic E-state index is -0.954. The van der Waals surface area contributed by atoms with E-state index in [1.807, 2.05) is 12.1 Å². The average Bonchev–Trinajstić information content (AvgIpc) is 2.63. The third-order valence-corrected chi connectivity index (χ3v) is 3.92. The molecule has 1 aliphatic heterocycles. The maximum absolute atomic E-state index is 13.6. The van der Waals surface area contributed by atoms with Crippen LogP contribution in [0.3, 0.4) is 0 Å². The zero-order valence-corrected chi connectivity index (χ0v) is 13.0. The third kappa shape index (κ3) is 3.68.